The largest absolute Gasteiger partial charge is 0.492 e. The molecule has 1 heterocycles. The van der Waals surface area contributed by atoms with E-state index in [1.54, 1.807) is 6.07 Å². The molecule has 0 unspecified atom stereocenters. The summed E-state index contributed by atoms with van der Waals surface area (Å²) in [6, 6.07) is 8.13. The minimum absolute atomic E-state index is 0. The summed E-state index contributed by atoms with van der Waals surface area (Å²) < 4.78 is 11.1. The highest BCUT2D eigenvalue weighted by atomic mass is 35.5. The van der Waals surface area contributed by atoms with Gasteiger partial charge in [-0.2, -0.15) is 0 Å². The number of ether oxygens (including phenoxy) is 1. The third-order valence-corrected chi connectivity index (χ3v) is 3.87. The summed E-state index contributed by atoms with van der Waals surface area (Å²) in [5, 5.41) is 0.943. The van der Waals surface area contributed by atoms with Crippen molar-refractivity contribution in [3.8, 4) is 5.75 Å². The molecule has 0 amide bonds. The van der Waals surface area contributed by atoms with Gasteiger partial charge in [-0.15, -0.1) is 12.4 Å². The molecule has 0 aliphatic heterocycles. The van der Waals surface area contributed by atoms with E-state index in [2.05, 4.69) is 32.6 Å². The summed E-state index contributed by atoms with van der Waals surface area (Å²) in [5.41, 5.74) is 1.17. The molecular formula is C18H26ClNO3. The van der Waals surface area contributed by atoms with Crippen molar-refractivity contribution in [2.45, 2.75) is 46.7 Å². The van der Waals surface area contributed by atoms with Gasteiger partial charge in [0, 0.05) is 36.1 Å². The second-order valence-corrected chi connectivity index (χ2v) is 6.18. The molecule has 2 aromatic rings. The first-order valence-corrected chi connectivity index (χ1v) is 7.81. The Balaban J connectivity index is 0.00000264. The third kappa shape index (κ3) is 4.98. The van der Waals surface area contributed by atoms with Crippen LogP contribution >= 0.6 is 12.4 Å². The number of nitrogens with zero attached hydrogens (tertiary/aromatic N) is 1. The Bertz CT molecular complexity index is 686. The Morgan fingerprint density at radius 3 is 2.39 bits per heavy atom. The monoisotopic (exact) mass is 339 g/mol. The Morgan fingerprint density at radius 2 is 1.78 bits per heavy atom. The molecule has 0 atom stereocenters. The highest BCUT2D eigenvalue weighted by Gasteiger charge is 2.13. The van der Waals surface area contributed by atoms with Gasteiger partial charge in [-0.1, -0.05) is 0 Å². The molecule has 1 aromatic carbocycles. The number of halogens is 1. The average molecular weight is 340 g/mol. The fourth-order valence-corrected chi connectivity index (χ4v) is 2.78. The van der Waals surface area contributed by atoms with Gasteiger partial charge in [0.05, 0.1) is 0 Å². The van der Waals surface area contributed by atoms with Crippen LogP contribution < -0.4 is 10.4 Å². The summed E-state index contributed by atoms with van der Waals surface area (Å²) in [4.78, 5) is 13.8. The minimum Gasteiger partial charge on any atom is -0.492 e. The molecule has 0 saturated carbocycles. The number of benzene rings is 1. The Hall–Kier alpha value is -1.52. The highest BCUT2D eigenvalue weighted by Crippen LogP contribution is 2.22. The van der Waals surface area contributed by atoms with Crippen LogP contribution in [0.5, 0.6) is 5.75 Å². The van der Waals surface area contributed by atoms with Gasteiger partial charge in [0.1, 0.15) is 17.9 Å². The number of hydrogen-bond donors (Lipinski definition) is 0. The van der Waals surface area contributed by atoms with Gasteiger partial charge in [-0.05, 0) is 52.3 Å². The number of aryl methyl sites for hydroxylation is 1. The van der Waals surface area contributed by atoms with Crippen molar-refractivity contribution >= 4 is 23.4 Å². The molecule has 0 aliphatic rings. The van der Waals surface area contributed by atoms with Crippen LogP contribution in [0.1, 0.15) is 33.3 Å². The topological polar surface area (TPSA) is 42.7 Å². The fourth-order valence-electron chi connectivity index (χ4n) is 2.78. The average Bonchev–Trinajstić information content (AvgIpc) is 2.42. The predicted molar refractivity (Wildman–Crippen MR) is 96.9 cm³/mol. The van der Waals surface area contributed by atoms with Crippen molar-refractivity contribution in [2.75, 3.05) is 13.2 Å². The first kappa shape index (κ1) is 19.5. The molecule has 0 radical (unpaired) electrons. The highest BCUT2D eigenvalue weighted by molar-refractivity contribution is 5.85. The van der Waals surface area contributed by atoms with Crippen LogP contribution in [0, 0.1) is 6.92 Å². The summed E-state index contributed by atoms with van der Waals surface area (Å²) in [5.74, 6) is 0.730. The third-order valence-electron chi connectivity index (χ3n) is 3.87. The molecule has 0 aliphatic carbocycles. The van der Waals surface area contributed by atoms with Crippen LogP contribution in [0.4, 0.5) is 0 Å². The van der Waals surface area contributed by atoms with Gasteiger partial charge in [0.2, 0.25) is 0 Å². The number of rotatable bonds is 6. The SMILES string of the molecule is Cc1cc(=O)oc2cc(OCCN(C(C)C)C(C)C)ccc12.Cl. The van der Waals surface area contributed by atoms with E-state index in [0.29, 0.717) is 24.3 Å². The van der Waals surface area contributed by atoms with Gasteiger partial charge in [-0.25, -0.2) is 4.79 Å². The summed E-state index contributed by atoms with van der Waals surface area (Å²) in [7, 11) is 0. The fraction of sp³-hybridized carbons (Fsp3) is 0.500. The lowest BCUT2D eigenvalue weighted by molar-refractivity contribution is 0.142. The Labute approximate surface area is 143 Å². The molecular weight excluding hydrogens is 314 g/mol. The molecule has 0 fully saturated rings. The van der Waals surface area contributed by atoms with Crippen molar-refractivity contribution in [2.24, 2.45) is 0 Å². The molecule has 128 valence electrons. The van der Waals surface area contributed by atoms with Crippen LogP contribution in [0.3, 0.4) is 0 Å². The van der Waals surface area contributed by atoms with Gasteiger partial charge in [0.15, 0.2) is 0 Å². The standard InChI is InChI=1S/C18H25NO3.ClH/c1-12(2)19(13(3)4)8-9-21-15-6-7-16-14(5)10-18(20)22-17(16)11-15;/h6-7,10-13H,8-9H2,1-5H3;1H. The smallest absolute Gasteiger partial charge is 0.336 e. The van der Waals surface area contributed by atoms with E-state index < -0.39 is 0 Å². The molecule has 5 heteroatoms. The van der Waals surface area contributed by atoms with Gasteiger partial charge in [-0.3, -0.25) is 4.90 Å². The van der Waals surface area contributed by atoms with E-state index in [4.69, 9.17) is 9.15 Å². The van der Waals surface area contributed by atoms with Gasteiger partial charge >= 0.3 is 5.63 Å². The maximum Gasteiger partial charge on any atom is 0.336 e. The molecule has 0 spiro atoms. The van der Waals surface area contributed by atoms with Gasteiger partial charge < -0.3 is 9.15 Å². The first-order chi connectivity index (χ1) is 10.4. The number of hydrogen-bond acceptors (Lipinski definition) is 4. The molecule has 4 nitrogen and oxygen atoms in total. The summed E-state index contributed by atoms with van der Waals surface area (Å²) in [6.07, 6.45) is 0. The molecule has 0 saturated heterocycles. The second-order valence-electron chi connectivity index (χ2n) is 6.18. The Kier molecular flexibility index (Phi) is 7.10. The van der Waals surface area contributed by atoms with E-state index in [-0.39, 0.29) is 18.0 Å². The Morgan fingerprint density at radius 1 is 1.13 bits per heavy atom. The van der Waals surface area contributed by atoms with Crippen LogP contribution in [0.15, 0.2) is 33.5 Å². The lowest BCUT2D eigenvalue weighted by atomic mass is 10.1. The summed E-state index contributed by atoms with van der Waals surface area (Å²) in [6.45, 7) is 12.1. The van der Waals surface area contributed by atoms with Crippen molar-refractivity contribution in [3.63, 3.8) is 0 Å². The maximum atomic E-state index is 11.5. The molecule has 23 heavy (non-hydrogen) atoms. The van der Waals surface area contributed by atoms with Crippen LogP contribution in [-0.2, 0) is 0 Å². The van der Waals surface area contributed by atoms with Gasteiger partial charge in [0.25, 0.3) is 0 Å². The molecule has 2 rings (SSSR count). The minimum atomic E-state index is -0.326. The zero-order valence-corrected chi connectivity index (χ0v) is 15.3. The molecule has 0 N–H and O–H groups in total. The van der Waals surface area contributed by atoms with Crippen molar-refractivity contribution < 1.29 is 9.15 Å². The van der Waals surface area contributed by atoms with Crippen LogP contribution in [0.2, 0.25) is 0 Å². The van der Waals surface area contributed by atoms with E-state index in [0.717, 1.165) is 23.2 Å². The van der Waals surface area contributed by atoms with Crippen molar-refractivity contribution in [1.82, 2.24) is 4.90 Å². The van der Waals surface area contributed by atoms with E-state index in [1.807, 2.05) is 19.1 Å². The maximum absolute atomic E-state index is 11.5. The zero-order valence-electron chi connectivity index (χ0n) is 14.5. The summed E-state index contributed by atoms with van der Waals surface area (Å²) >= 11 is 0. The first-order valence-electron chi connectivity index (χ1n) is 7.81. The molecule has 1 aromatic heterocycles. The lowest BCUT2D eigenvalue weighted by Gasteiger charge is -2.30. The van der Waals surface area contributed by atoms with Crippen molar-refractivity contribution in [3.05, 3.63) is 40.2 Å². The van der Waals surface area contributed by atoms with Crippen LogP contribution in [0.25, 0.3) is 11.0 Å². The number of fused-ring (bicyclic) bond motifs is 1. The quantitative estimate of drug-likeness (QED) is 0.745. The lowest BCUT2D eigenvalue weighted by Crippen LogP contribution is -2.39. The normalized spacial score (nSPS) is 11.3. The molecule has 0 bridgehead atoms. The van der Waals surface area contributed by atoms with E-state index >= 15 is 0 Å². The van der Waals surface area contributed by atoms with Crippen molar-refractivity contribution in [1.29, 1.82) is 0 Å². The second kappa shape index (κ2) is 8.37. The van der Waals surface area contributed by atoms with E-state index in [1.165, 1.54) is 6.07 Å². The zero-order chi connectivity index (χ0) is 16.3. The van der Waals surface area contributed by atoms with Crippen LogP contribution in [-0.4, -0.2) is 30.1 Å². The van der Waals surface area contributed by atoms with E-state index in [9.17, 15) is 4.79 Å². The predicted octanol–water partition coefficient (Wildman–Crippen LogP) is 4.02.